The minimum absolute atomic E-state index is 0.646. The van der Waals surface area contributed by atoms with Gasteiger partial charge in [0.1, 0.15) is 0 Å². The van der Waals surface area contributed by atoms with Gasteiger partial charge in [-0.3, -0.25) is 0 Å². The lowest BCUT2D eigenvalue weighted by molar-refractivity contribution is 0.270. The van der Waals surface area contributed by atoms with Crippen molar-refractivity contribution in [3.05, 3.63) is 0 Å². The maximum atomic E-state index is 3.70. The Balaban J connectivity index is 2.18. The fraction of sp³-hybridized carbons (Fsp3) is 1.00. The van der Waals surface area contributed by atoms with Crippen LogP contribution in [0.25, 0.3) is 0 Å². The zero-order chi connectivity index (χ0) is 15.3. The molecule has 0 saturated heterocycles. The third-order valence-electron chi connectivity index (χ3n) is 5.28. The van der Waals surface area contributed by atoms with Crippen LogP contribution in [-0.2, 0) is 0 Å². The third-order valence-corrected chi connectivity index (χ3v) is 5.28. The fourth-order valence-electron chi connectivity index (χ4n) is 3.86. The van der Waals surface area contributed by atoms with E-state index in [4.69, 9.17) is 0 Å². The lowest BCUT2D eigenvalue weighted by Crippen LogP contribution is -2.32. The highest BCUT2D eigenvalue weighted by Crippen LogP contribution is 2.32. The van der Waals surface area contributed by atoms with Crippen LogP contribution in [0, 0.1) is 11.8 Å². The van der Waals surface area contributed by atoms with Crippen molar-refractivity contribution in [2.24, 2.45) is 11.8 Å². The summed E-state index contributed by atoms with van der Waals surface area (Å²) in [7, 11) is 0. The lowest BCUT2D eigenvalue weighted by Gasteiger charge is -2.26. The standard InChI is InChI=1S/C20H41N/c1-4-5-6-7-8-9-11-14-19-15-12-10-13-16-20(19)17-21-18(2)3/h18-21H,4-17H2,1-3H3. The topological polar surface area (TPSA) is 12.0 Å². The first-order valence-corrected chi connectivity index (χ1v) is 9.97. The van der Waals surface area contributed by atoms with Gasteiger partial charge in [-0.05, 0) is 24.8 Å². The van der Waals surface area contributed by atoms with Gasteiger partial charge in [-0.15, -0.1) is 0 Å². The van der Waals surface area contributed by atoms with Crippen molar-refractivity contribution >= 4 is 0 Å². The van der Waals surface area contributed by atoms with Gasteiger partial charge < -0.3 is 5.32 Å². The predicted molar refractivity (Wildman–Crippen MR) is 95.8 cm³/mol. The Morgan fingerprint density at radius 3 is 2.10 bits per heavy atom. The molecule has 0 aromatic rings. The highest BCUT2D eigenvalue weighted by molar-refractivity contribution is 4.76. The molecular formula is C20H41N. The molecule has 21 heavy (non-hydrogen) atoms. The van der Waals surface area contributed by atoms with Gasteiger partial charge >= 0.3 is 0 Å². The number of hydrogen-bond donors (Lipinski definition) is 1. The molecule has 1 aliphatic rings. The van der Waals surface area contributed by atoms with Crippen molar-refractivity contribution in [3.63, 3.8) is 0 Å². The first-order valence-electron chi connectivity index (χ1n) is 9.97. The second-order valence-electron chi connectivity index (χ2n) is 7.63. The Hall–Kier alpha value is -0.0400. The summed E-state index contributed by atoms with van der Waals surface area (Å²) >= 11 is 0. The van der Waals surface area contributed by atoms with E-state index in [0.717, 1.165) is 11.8 Å². The minimum atomic E-state index is 0.646. The van der Waals surface area contributed by atoms with E-state index in [2.05, 4.69) is 26.1 Å². The summed E-state index contributed by atoms with van der Waals surface area (Å²) in [5, 5.41) is 3.70. The molecule has 1 rings (SSSR count). The maximum Gasteiger partial charge on any atom is 0.00104 e. The van der Waals surface area contributed by atoms with Crippen LogP contribution in [0.1, 0.15) is 104 Å². The van der Waals surface area contributed by atoms with Crippen LogP contribution in [-0.4, -0.2) is 12.6 Å². The van der Waals surface area contributed by atoms with E-state index in [1.165, 1.54) is 90.0 Å². The van der Waals surface area contributed by atoms with E-state index in [9.17, 15) is 0 Å². The molecule has 0 spiro atoms. The third kappa shape index (κ3) is 9.55. The molecule has 0 aromatic carbocycles. The summed E-state index contributed by atoms with van der Waals surface area (Å²) in [6.07, 6.45) is 19.1. The van der Waals surface area contributed by atoms with Gasteiger partial charge in [0.25, 0.3) is 0 Å². The van der Waals surface area contributed by atoms with E-state index in [1.54, 1.807) is 0 Å². The van der Waals surface area contributed by atoms with E-state index in [0.29, 0.717) is 6.04 Å². The number of nitrogens with one attached hydrogen (secondary N) is 1. The van der Waals surface area contributed by atoms with Crippen LogP contribution in [0.2, 0.25) is 0 Å². The summed E-state index contributed by atoms with van der Waals surface area (Å²) in [5.74, 6) is 1.96. The molecule has 1 fully saturated rings. The van der Waals surface area contributed by atoms with Crippen LogP contribution < -0.4 is 5.32 Å². The SMILES string of the molecule is CCCCCCCCCC1CCCCCC1CNC(C)C. The zero-order valence-electron chi connectivity index (χ0n) is 15.1. The molecular weight excluding hydrogens is 254 g/mol. The summed E-state index contributed by atoms with van der Waals surface area (Å²) in [5.41, 5.74) is 0. The lowest BCUT2D eigenvalue weighted by atomic mass is 9.83. The molecule has 0 radical (unpaired) electrons. The van der Waals surface area contributed by atoms with Crippen molar-refractivity contribution in [2.45, 2.75) is 110 Å². The van der Waals surface area contributed by atoms with Gasteiger partial charge in [-0.2, -0.15) is 0 Å². The maximum absolute atomic E-state index is 3.70. The summed E-state index contributed by atoms with van der Waals surface area (Å²) in [6.45, 7) is 8.13. The molecule has 0 heterocycles. The number of unbranched alkanes of at least 4 members (excludes halogenated alkanes) is 6. The quantitative estimate of drug-likeness (QED) is 0.347. The number of hydrogen-bond acceptors (Lipinski definition) is 1. The van der Waals surface area contributed by atoms with Crippen LogP contribution in [0.3, 0.4) is 0 Å². The summed E-state index contributed by atoms with van der Waals surface area (Å²) in [6, 6.07) is 0.646. The average molecular weight is 296 g/mol. The van der Waals surface area contributed by atoms with Crippen molar-refractivity contribution < 1.29 is 0 Å². The van der Waals surface area contributed by atoms with Gasteiger partial charge in [0.2, 0.25) is 0 Å². The molecule has 0 aromatic heterocycles. The van der Waals surface area contributed by atoms with Crippen LogP contribution in [0.15, 0.2) is 0 Å². The van der Waals surface area contributed by atoms with Gasteiger partial charge in [-0.1, -0.05) is 97.8 Å². The largest absolute Gasteiger partial charge is 0.314 e. The summed E-state index contributed by atoms with van der Waals surface area (Å²) < 4.78 is 0. The van der Waals surface area contributed by atoms with Gasteiger partial charge in [0, 0.05) is 6.04 Å². The van der Waals surface area contributed by atoms with Crippen molar-refractivity contribution in [3.8, 4) is 0 Å². The smallest absolute Gasteiger partial charge is 0.00104 e. The normalized spacial score (nSPS) is 23.4. The molecule has 1 nitrogen and oxygen atoms in total. The van der Waals surface area contributed by atoms with Crippen LogP contribution in [0.4, 0.5) is 0 Å². The molecule has 0 amide bonds. The molecule has 1 heteroatoms. The Bertz CT molecular complexity index is 224. The van der Waals surface area contributed by atoms with Gasteiger partial charge in [-0.25, -0.2) is 0 Å². The molecule has 1 saturated carbocycles. The van der Waals surface area contributed by atoms with E-state index in [1.807, 2.05) is 0 Å². The van der Waals surface area contributed by atoms with Gasteiger partial charge in [0.05, 0.1) is 0 Å². The Morgan fingerprint density at radius 2 is 1.43 bits per heavy atom. The Kier molecular flexibility index (Phi) is 11.3. The number of rotatable bonds is 11. The van der Waals surface area contributed by atoms with E-state index < -0.39 is 0 Å². The highest BCUT2D eigenvalue weighted by atomic mass is 14.9. The molecule has 1 aliphatic carbocycles. The first kappa shape index (κ1) is 19.0. The van der Waals surface area contributed by atoms with E-state index >= 15 is 0 Å². The molecule has 126 valence electrons. The van der Waals surface area contributed by atoms with E-state index in [-0.39, 0.29) is 0 Å². The van der Waals surface area contributed by atoms with Crippen LogP contribution in [0.5, 0.6) is 0 Å². The Labute approximate surface area is 134 Å². The second-order valence-corrected chi connectivity index (χ2v) is 7.63. The van der Waals surface area contributed by atoms with Crippen molar-refractivity contribution in [2.75, 3.05) is 6.54 Å². The summed E-state index contributed by atoms with van der Waals surface area (Å²) in [4.78, 5) is 0. The minimum Gasteiger partial charge on any atom is -0.314 e. The molecule has 1 N–H and O–H groups in total. The monoisotopic (exact) mass is 295 g/mol. The predicted octanol–water partition coefficient (Wildman–Crippen LogP) is 6.32. The average Bonchev–Trinajstić information content (AvgIpc) is 2.69. The van der Waals surface area contributed by atoms with Gasteiger partial charge in [0.15, 0.2) is 0 Å². The zero-order valence-corrected chi connectivity index (χ0v) is 15.1. The first-order chi connectivity index (χ1) is 10.2. The van der Waals surface area contributed by atoms with Crippen molar-refractivity contribution in [1.82, 2.24) is 5.32 Å². The highest BCUT2D eigenvalue weighted by Gasteiger charge is 2.23. The second kappa shape index (κ2) is 12.5. The van der Waals surface area contributed by atoms with Crippen molar-refractivity contribution in [1.29, 1.82) is 0 Å². The molecule has 2 unspecified atom stereocenters. The molecule has 0 aliphatic heterocycles. The Morgan fingerprint density at radius 1 is 0.810 bits per heavy atom. The molecule has 2 atom stereocenters. The van der Waals surface area contributed by atoms with Crippen LogP contribution >= 0.6 is 0 Å². The fourth-order valence-corrected chi connectivity index (χ4v) is 3.86. The molecule has 0 bridgehead atoms.